The van der Waals surface area contributed by atoms with Crippen LogP contribution in [0.4, 0.5) is 10.5 Å². The maximum absolute atomic E-state index is 11.9. The van der Waals surface area contributed by atoms with E-state index in [-0.39, 0.29) is 6.03 Å². The van der Waals surface area contributed by atoms with E-state index in [0.717, 1.165) is 5.69 Å². The minimum Gasteiger partial charge on any atom is -0.490 e. The van der Waals surface area contributed by atoms with Gasteiger partial charge in [-0.2, -0.15) is 0 Å². The van der Waals surface area contributed by atoms with Crippen molar-refractivity contribution < 1.29 is 14.3 Å². The lowest BCUT2D eigenvalue weighted by Crippen LogP contribution is -2.30. The number of hydrogen-bond donors (Lipinski definition) is 2. The molecule has 2 amide bonds. The van der Waals surface area contributed by atoms with Gasteiger partial charge < -0.3 is 20.1 Å². The molecule has 1 aromatic heterocycles. The van der Waals surface area contributed by atoms with Crippen molar-refractivity contribution in [3.05, 3.63) is 53.3 Å². The number of benzene rings is 1. The lowest BCUT2D eigenvalue weighted by atomic mass is 10.3. The molecule has 2 aromatic rings. The van der Waals surface area contributed by atoms with Crippen LogP contribution in [0.1, 0.15) is 5.69 Å². The van der Waals surface area contributed by atoms with Crippen molar-refractivity contribution in [3.63, 3.8) is 0 Å². The normalized spacial score (nSPS) is 10.2. The first-order valence-corrected chi connectivity index (χ1v) is 7.93. The molecule has 0 saturated heterocycles. The van der Waals surface area contributed by atoms with Crippen LogP contribution in [-0.4, -0.2) is 37.9 Å². The fourth-order valence-electron chi connectivity index (χ4n) is 1.96. The number of pyridine rings is 1. The molecule has 0 spiro atoms. The number of ether oxygens (including phenoxy) is 2. The Morgan fingerprint density at radius 2 is 2.12 bits per heavy atom. The fourth-order valence-corrected chi connectivity index (χ4v) is 2.19. The van der Waals surface area contributed by atoms with E-state index in [1.54, 1.807) is 31.5 Å². The van der Waals surface area contributed by atoms with E-state index in [4.69, 9.17) is 21.1 Å². The summed E-state index contributed by atoms with van der Waals surface area (Å²) in [5.41, 5.74) is 1.52. The molecule has 128 valence electrons. The monoisotopic (exact) mass is 349 g/mol. The number of nitrogens with one attached hydrogen (secondary N) is 2. The van der Waals surface area contributed by atoms with Crippen molar-refractivity contribution in [2.24, 2.45) is 0 Å². The quantitative estimate of drug-likeness (QED) is 0.718. The van der Waals surface area contributed by atoms with E-state index in [2.05, 4.69) is 15.6 Å². The standard InChI is InChI=1S/C17H20ClN3O3/c1-23-10-11-24-16-6-5-14(12-15(16)18)21-17(22)20-9-7-13-4-2-3-8-19-13/h2-6,8,12H,7,9-11H2,1H3,(H2,20,21,22). The first-order chi connectivity index (χ1) is 11.7. The molecular formula is C17H20ClN3O3. The molecule has 2 rings (SSSR count). The molecule has 0 atom stereocenters. The van der Waals surface area contributed by atoms with Gasteiger partial charge in [0.15, 0.2) is 0 Å². The topological polar surface area (TPSA) is 72.5 Å². The molecule has 0 radical (unpaired) electrons. The molecular weight excluding hydrogens is 330 g/mol. The zero-order valence-corrected chi connectivity index (χ0v) is 14.2. The van der Waals surface area contributed by atoms with Crippen LogP contribution in [-0.2, 0) is 11.2 Å². The highest BCUT2D eigenvalue weighted by Crippen LogP contribution is 2.27. The summed E-state index contributed by atoms with van der Waals surface area (Å²) in [4.78, 5) is 16.1. The van der Waals surface area contributed by atoms with Crippen molar-refractivity contribution in [2.75, 3.05) is 32.2 Å². The average Bonchev–Trinajstić information content (AvgIpc) is 2.58. The van der Waals surface area contributed by atoms with Gasteiger partial charge >= 0.3 is 6.03 Å². The average molecular weight is 350 g/mol. The highest BCUT2D eigenvalue weighted by atomic mass is 35.5. The van der Waals surface area contributed by atoms with E-state index in [9.17, 15) is 4.79 Å². The number of anilines is 1. The SMILES string of the molecule is COCCOc1ccc(NC(=O)NCCc2ccccn2)cc1Cl. The first-order valence-electron chi connectivity index (χ1n) is 7.55. The van der Waals surface area contributed by atoms with Crippen LogP contribution in [0.25, 0.3) is 0 Å². The van der Waals surface area contributed by atoms with Crippen LogP contribution in [0.5, 0.6) is 5.75 Å². The maximum atomic E-state index is 11.9. The van der Waals surface area contributed by atoms with Gasteiger partial charge in [0.1, 0.15) is 12.4 Å². The van der Waals surface area contributed by atoms with Gasteiger partial charge in [-0.25, -0.2) is 4.79 Å². The van der Waals surface area contributed by atoms with E-state index in [1.807, 2.05) is 18.2 Å². The smallest absolute Gasteiger partial charge is 0.319 e. The van der Waals surface area contributed by atoms with Crippen molar-refractivity contribution >= 4 is 23.3 Å². The van der Waals surface area contributed by atoms with Gasteiger partial charge in [-0.15, -0.1) is 0 Å². The number of urea groups is 1. The van der Waals surface area contributed by atoms with Gasteiger partial charge in [-0.3, -0.25) is 4.98 Å². The lowest BCUT2D eigenvalue weighted by Gasteiger charge is -2.11. The Hall–Kier alpha value is -2.31. The minimum absolute atomic E-state index is 0.296. The van der Waals surface area contributed by atoms with Crippen molar-refractivity contribution in [3.8, 4) is 5.75 Å². The molecule has 2 N–H and O–H groups in total. The fraction of sp³-hybridized carbons (Fsp3) is 0.294. The third-order valence-electron chi connectivity index (χ3n) is 3.13. The number of hydrogen-bond acceptors (Lipinski definition) is 4. The summed E-state index contributed by atoms with van der Waals surface area (Å²) in [7, 11) is 1.60. The Bertz CT molecular complexity index is 653. The molecule has 0 fully saturated rings. The van der Waals surface area contributed by atoms with Gasteiger partial charge in [-0.1, -0.05) is 17.7 Å². The number of nitrogens with zero attached hydrogens (tertiary/aromatic N) is 1. The second-order valence-electron chi connectivity index (χ2n) is 4.94. The number of carbonyl (C=O) groups excluding carboxylic acids is 1. The Kier molecular flexibility index (Phi) is 7.32. The molecule has 0 aliphatic carbocycles. The van der Waals surface area contributed by atoms with Gasteiger partial charge in [0.05, 0.1) is 11.6 Å². The molecule has 0 bridgehead atoms. The van der Waals surface area contributed by atoms with Crippen molar-refractivity contribution in [2.45, 2.75) is 6.42 Å². The molecule has 7 heteroatoms. The van der Waals surface area contributed by atoms with Gasteiger partial charge in [0, 0.05) is 37.7 Å². The summed E-state index contributed by atoms with van der Waals surface area (Å²) in [5.74, 6) is 0.551. The van der Waals surface area contributed by atoms with E-state index in [1.165, 1.54) is 0 Å². The van der Waals surface area contributed by atoms with Crippen LogP contribution >= 0.6 is 11.6 Å². The number of aromatic nitrogens is 1. The first kappa shape index (κ1) is 18.0. The largest absolute Gasteiger partial charge is 0.490 e. The zero-order valence-electron chi connectivity index (χ0n) is 13.4. The van der Waals surface area contributed by atoms with Gasteiger partial charge in [0.25, 0.3) is 0 Å². The molecule has 6 nitrogen and oxygen atoms in total. The molecule has 24 heavy (non-hydrogen) atoms. The molecule has 0 unspecified atom stereocenters. The molecule has 1 heterocycles. The second-order valence-corrected chi connectivity index (χ2v) is 5.35. The minimum atomic E-state index is -0.296. The summed E-state index contributed by atoms with van der Waals surface area (Å²) in [6.07, 6.45) is 2.40. The Labute approximate surface area is 146 Å². The highest BCUT2D eigenvalue weighted by Gasteiger charge is 2.06. The van der Waals surface area contributed by atoms with E-state index in [0.29, 0.717) is 42.6 Å². The Morgan fingerprint density at radius 1 is 1.25 bits per heavy atom. The molecule has 1 aromatic carbocycles. The van der Waals surface area contributed by atoms with Crippen LogP contribution in [0.2, 0.25) is 5.02 Å². The molecule has 0 aliphatic rings. The summed E-state index contributed by atoms with van der Waals surface area (Å²) >= 11 is 6.13. The molecule has 0 saturated carbocycles. The van der Waals surface area contributed by atoms with Crippen LogP contribution < -0.4 is 15.4 Å². The van der Waals surface area contributed by atoms with Crippen LogP contribution in [0, 0.1) is 0 Å². The zero-order chi connectivity index (χ0) is 17.2. The maximum Gasteiger partial charge on any atom is 0.319 e. The highest BCUT2D eigenvalue weighted by molar-refractivity contribution is 6.32. The number of rotatable bonds is 8. The van der Waals surface area contributed by atoms with Crippen molar-refractivity contribution in [1.82, 2.24) is 10.3 Å². The van der Waals surface area contributed by atoms with Gasteiger partial charge in [0.2, 0.25) is 0 Å². The summed E-state index contributed by atoms with van der Waals surface area (Å²) in [6.45, 7) is 1.39. The Balaban J connectivity index is 1.77. The Morgan fingerprint density at radius 3 is 2.83 bits per heavy atom. The number of carbonyl (C=O) groups is 1. The van der Waals surface area contributed by atoms with E-state index >= 15 is 0 Å². The second kappa shape index (κ2) is 9.75. The number of amides is 2. The molecule has 0 aliphatic heterocycles. The summed E-state index contributed by atoms with van der Waals surface area (Å²) in [6, 6.07) is 10.5. The van der Waals surface area contributed by atoms with Crippen LogP contribution in [0.15, 0.2) is 42.6 Å². The van der Waals surface area contributed by atoms with Crippen molar-refractivity contribution in [1.29, 1.82) is 0 Å². The summed E-state index contributed by atoms with van der Waals surface area (Å²) in [5, 5.41) is 5.93. The van der Waals surface area contributed by atoms with E-state index < -0.39 is 0 Å². The third-order valence-corrected chi connectivity index (χ3v) is 3.42. The van der Waals surface area contributed by atoms with Gasteiger partial charge in [-0.05, 0) is 30.3 Å². The third kappa shape index (κ3) is 6.06. The predicted molar refractivity (Wildman–Crippen MR) is 93.8 cm³/mol. The predicted octanol–water partition coefficient (Wildman–Crippen LogP) is 3.12. The van der Waals surface area contributed by atoms with Crippen LogP contribution in [0.3, 0.4) is 0 Å². The summed E-state index contributed by atoms with van der Waals surface area (Å²) < 4.78 is 10.4. The number of methoxy groups -OCH3 is 1. The lowest BCUT2D eigenvalue weighted by molar-refractivity contribution is 0.146. The number of halogens is 1.